The highest BCUT2D eigenvalue weighted by molar-refractivity contribution is 5.77. The van der Waals surface area contributed by atoms with E-state index in [1.54, 1.807) is 18.9 Å². The second-order valence-electron chi connectivity index (χ2n) is 6.95. The number of fused-ring (bicyclic) bond motifs is 1. The largest absolute Gasteiger partial charge is 0.493 e. The van der Waals surface area contributed by atoms with Crippen molar-refractivity contribution in [1.29, 1.82) is 0 Å². The quantitative estimate of drug-likeness (QED) is 0.679. The zero-order valence-corrected chi connectivity index (χ0v) is 17.1. The van der Waals surface area contributed by atoms with Crippen LogP contribution in [0.5, 0.6) is 17.2 Å². The van der Waals surface area contributed by atoms with E-state index in [9.17, 15) is 18.0 Å². The topological polar surface area (TPSA) is 48.0 Å². The summed E-state index contributed by atoms with van der Waals surface area (Å²) in [6.07, 6.45) is -3.49. The van der Waals surface area contributed by atoms with E-state index in [-0.39, 0.29) is 18.3 Å². The number of halogens is 3. The molecule has 1 aliphatic heterocycles. The van der Waals surface area contributed by atoms with Gasteiger partial charge in [0.2, 0.25) is 5.91 Å². The molecule has 2 aromatic rings. The Hall–Kier alpha value is -2.90. The normalized spacial score (nSPS) is 16.1. The Bertz CT molecular complexity index is 914. The van der Waals surface area contributed by atoms with E-state index in [1.807, 2.05) is 12.1 Å². The van der Waals surface area contributed by atoms with Crippen LogP contribution in [0.15, 0.2) is 36.4 Å². The molecule has 0 saturated carbocycles. The van der Waals surface area contributed by atoms with E-state index < -0.39 is 17.8 Å². The van der Waals surface area contributed by atoms with Gasteiger partial charge in [0.15, 0.2) is 11.5 Å². The first kappa shape index (κ1) is 21.8. The van der Waals surface area contributed by atoms with Gasteiger partial charge in [0.25, 0.3) is 0 Å². The third kappa shape index (κ3) is 4.47. The summed E-state index contributed by atoms with van der Waals surface area (Å²) in [5, 5.41) is 0. The van der Waals surface area contributed by atoms with Gasteiger partial charge in [0.05, 0.1) is 25.8 Å². The van der Waals surface area contributed by atoms with Crippen LogP contribution < -0.4 is 14.2 Å². The van der Waals surface area contributed by atoms with Crippen molar-refractivity contribution in [2.75, 3.05) is 27.4 Å². The van der Waals surface area contributed by atoms with Gasteiger partial charge < -0.3 is 19.1 Å². The molecule has 1 atom stereocenters. The maximum absolute atomic E-state index is 13.0. The lowest BCUT2D eigenvalue weighted by Gasteiger charge is -2.37. The summed E-state index contributed by atoms with van der Waals surface area (Å²) in [6.45, 7) is 2.29. The van der Waals surface area contributed by atoms with Crippen LogP contribution in [0.4, 0.5) is 13.2 Å². The minimum absolute atomic E-state index is 0.0233. The van der Waals surface area contributed by atoms with E-state index in [0.717, 1.165) is 23.3 Å². The van der Waals surface area contributed by atoms with Crippen LogP contribution in [0.25, 0.3) is 0 Å². The lowest BCUT2D eigenvalue weighted by Crippen LogP contribution is -2.42. The van der Waals surface area contributed by atoms with Crippen molar-refractivity contribution in [3.63, 3.8) is 0 Å². The Morgan fingerprint density at radius 3 is 2.47 bits per heavy atom. The number of ether oxygens (including phenoxy) is 3. The van der Waals surface area contributed by atoms with Crippen LogP contribution in [0.3, 0.4) is 0 Å². The zero-order valence-electron chi connectivity index (χ0n) is 17.1. The smallest absolute Gasteiger partial charge is 0.416 e. The van der Waals surface area contributed by atoms with Crippen LogP contribution in [-0.2, 0) is 17.4 Å². The van der Waals surface area contributed by atoms with Crippen molar-refractivity contribution in [3.8, 4) is 17.2 Å². The second-order valence-corrected chi connectivity index (χ2v) is 6.95. The number of rotatable bonds is 6. The predicted molar refractivity (Wildman–Crippen MR) is 105 cm³/mol. The summed E-state index contributed by atoms with van der Waals surface area (Å²) < 4.78 is 55.5. The number of nitrogens with zero attached hydrogens (tertiary/aromatic N) is 1. The highest BCUT2D eigenvalue weighted by atomic mass is 19.4. The molecule has 1 aliphatic rings. The first-order valence-corrected chi connectivity index (χ1v) is 9.62. The Kier molecular flexibility index (Phi) is 6.43. The monoisotopic (exact) mass is 423 g/mol. The first-order chi connectivity index (χ1) is 14.3. The predicted octanol–water partition coefficient (Wildman–Crippen LogP) is 4.64. The summed E-state index contributed by atoms with van der Waals surface area (Å²) in [5.41, 5.74) is 1.05. The van der Waals surface area contributed by atoms with Crippen molar-refractivity contribution in [1.82, 2.24) is 4.90 Å². The summed E-state index contributed by atoms with van der Waals surface area (Å²) >= 11 is 0. The molecule has 0 radical (unpaired) electrons. The van der Waals surface area contributed by atoms with Crippen molar-refractivity contribution in [3.05, 3.63) is 53.1 Å². The van der Waals surface area contributed by atoms with Crippen molar-refractivity contribution >= 4 is 5.91 Å². The number of amides is 1. The molecular formula is C22H24F3NO4. The lowest BCUT2D eigenvalue weighted by atomic mass is 9.92. The number of carbonyl (C=O) groups is 1. The van der Waals surface area contributed by atoms with Crippen LogP contribution in [0, 0.1) is 0 Å². The van der Waals surface area contributed by atoms with Gasteiger partial charge in [0.1, 0.15) is 12.4 Å². The van der Waals surface area contributed by atoms with Gasteiger partial charge in [-0.15, -0.1) is 0 Å². The van der Waals surface area contributed by atoms with Crippen LogP contribution in [-0.4, -0.2) is 38.2 Å². The summed E-state index contributed by atoms with van der Waals surface area (Å²) in [7, 11) is 3.07. The lowest BCUT2D eigenvalue weighted by molar-refractivity contribution is -0.137. The Labute approximate surface area is 173 Å². The Morgan fingerprint density at radius 1 is 1.13 bits per heavy atom. The SMILES string of the molecule is CCC(=O)N1CCc2cc(OC)c(OC)cc2[C@@H]1COc1cccc(C(F)(F)F)c1. The molecule has 0 N–H and O–H groups in total. The highest BCUT2D eigenvalue weighted by Crippen LogP contribution is 2.39. The number of alkyl halides is 3. The molecule has 0 unspecified atom stereocenters. The van der Waals surface area contributed by atoms with E-state index in [4.69, 9.17) is 14.2 Å². The maximum atomic E-state index is 13.0. The molecule has 5 nitrogen and oxygen atoms in total. The molecule has 1 amide bonds. The summed E-state index contributed by atoms with van der Waals surface area (Å²) in [4.78, 5) is 14.2. The first-order valence-electron chi connectivity index (χ1n) is 9.62. The number of methoxy groups -OCH3 is 2. The molecule has 0 spiro atoms. The zero-order chi connectivity index (χ0) is 21.9. The molecule has 0 fully saturated rings. The standard InChI is InChI=1S/C22H24F3NO4/c1-4-21(27)26-9-8-14-10-19(28-2)20(29-3)12-17(14)18(26)13-30-16-7-5-6-15(11-16)22(23,24)25/h5-7,10-12,18H,4,8-9,13H2,1-3H3/t18-/m0/s1. The van der Waals surface area contributed by atoms with Gasteiger partial charge in [0, 0.05) is 13.0 Å². The van der Waals surface area contributed by atoms with E-state index in [2.05, 4.69) is 0 Å². The number of hydrogen-bond donors (Lipinski definition) is 0. The van der Waals surface area contributed by atoms with Crippen LogP contribution in [0.1, 0.15) is 36.1 Å². The molecule has 162 valence electrons. The van der Waals surface area contributed by atoms with Gasteiger partial charge in [-0.2, -0.15) is 13.2 Å². The molecular weight excluding hydrogens is 399 g/mol. The summed E-state index contributed by atoms with van der Waals surface area (Å²) in [6, 6.07) is 7.96. The molecule has 30 heavy (non-hydrogen) atoms. The molecule has 0 saturated heterocycles. The minimum atomic E-state index is -4.45. The maximum Gasteiger partial charge on any atom is 0.416 e. The fourth-order valence-corrected chi connectivity index (χ4v) is 3.65. The molecule has 3 rings (SSSR count). The van der Waals surface area contributed by atoms with Gasteiger partial charge in [-0.05, 0) is 47.9 Å². The van der Waals surface area contributed by atoms with Gasteiger partial charge in [-0.1, -0.05) is 13.0 Å². The van der Waals surface area contributed by atoms with Crippen LogP contribution >= 0.6 is 0 Å². The van der Waals surface area contributed by atoms with Crippen LogP contribution in [0.2, 0.25) is 0 Å². The fourth-order valence-electron chi connectivity index (χ4n) is 3.65. The molecule has 0 aromatic heterocycles. The van der Waals surface area contributed by atoms with Crippen molar-refractivity contribution in [2.24, 2.45) is 0 Å². The summed E-state index contributed by atoms with van der Waals surface area (Å²) in [5.74, 6) is 1.16. The van der Waals surface area contributed by atoms with Crippen molar-refractivity contribution in [2.45, 2.75) is 32.0 Å². The fraction of sp³-hybridized carbons (Fsp3) is 0.409. The van der Waals surface area contributed by atoms with Gasteiger partial charge >= 0.3 is 6.18 Å². The molecule has 1 heterocycles. The molecule has 0 aliphatic carbocycles. The third-order valence-electron chi connectivity index (χ3n) is 5.19. The molecule has 2 aromatic carbocycles. The molecule has 8 heteroatoms. The Balaban J connectivity index is 1.93. The number of benzene rings is 2. The highest BCUT2D eigenvalue weighted by Gasteiger charge is 2.33. The van der Waals surface area contributed by atoms with E-state index in [1.165, 1.54) is 19.2 Å². The molecule has 0 bridgehead atoms. The Morgan fingerprint density at radius 2 is 1.83 bits per heavy atom. The van der Waals surface area contributed by atoms with Gasteiger partial charge in [-0.3, -0.25) is 4.79 Å². The van der Waals surface area contributed by atoms with Crippen molar-refractivity contribution < 1.29 is 32.2 Å². The van der Waals surface area contributed by atoms with E-state index >= 15 is 0 Å². The number of carbonyl (C=O) groups excluding carboxylic acids is 1. The third-order valence-corrected chi connectivity index (χ3v) is 5.19. The average molecular weight is 423 g/mol. The van der Waals surface area contributed by atoms with Gasteiger partial charge in [-0.25, -0.2) is 0 Å². The average Bonchev–Trinajstić information content (AvgIpc) is 2.75. The number of hydrogen-bond acceptors (Lipinski definition) is 4. The minimum Gasteiger partial charge on any atom is -0.493 e. The second kappa shape index (κ2) is 8.85. The van der Waals surface area contributed by atoms with E-state index in [0.29, 0.717) is 30.9 Å².